The number of amides is 1. The standard InChI is InChI=1S/C21H21FN4O/c22-18-8-6-17(7-9-18)21(11-12-21)20(27)25-19(16-4-2-1-3-5-16)10-13-26-15-23-14-24-26/h1-9,14-15,19H,10-13H2,(H,25,27)/t19-/m1/s1. The van der Waals surface area contributed by atoms with Crippen molar-refractivity contribution in [2.45, 2.75) is 37.3 Å². The van der Waals surface area contributed by atoms with E-state index in [1.165, 1.54) is 18.5 Å². The number of rotatable bonds is 7. The van der Waals surface area contributed by atoms with E-state index in [0.717, 1.165) is 24.0 Å². The maximum absolute atomic E-state index is 13.2. The molecule has 1 atom stereocenters. The van der Waals surface area contributed by atoms with Gasteiger partial charge in [0.1, 0.15) is 18.5 Å². The largest absolute Gasteiger partial charge is 0.348 e. The average molecular weight is 364 g/mol. The molecule has 1 heterocycles. The summed E-state index contributed by atoms with van der Waals surface area (Å²) in [7, 11) is 0. The van der Waals surface area contributed by atoms with Crippen LogP contribution in [0.15, 0.2) is 67.3 Å². The van der Waals surface area contributed by atoms with Gasteiger partial charge in [-0.15, -0.1) is 0 Å². The van der Waals surface area contributed by atoms with Gasteiger partial charge in [0.2, 0.25) is 5.91 Å². The van der Waals surface area contributed by atoms with Crippen molar-refractivity contribution < 1.29 is 9.18 Å². The third-order valence-electron chi connectivity index (χ3n) is 5.20. The number of aryl methyl sites for hydroxylation is 1. The molecule has 5 nitrogen and oxygen atoms in total. The first-order valence-corrected chi connectivity index (χ1v) is 9.12. The third-order valence-corrected chi connectivity index (χ3v) is 5.20. The lowest BCUT2D eigenvalue weighted by Gasteiger charge is -2.23. The van der Waals surface area contributed by atoms with E-state index in [1.807, 2.05) is 30.3 Å². The Labute approximate surface area is 157 Å². The summed E-state index contributed by atoms with van der Waals surface area (Å²) >= 11 is 0. The summed E-state index contributed by atoms with van der Waals surface area (Å²) < 4.78 is 15.0. The number of carbonyl (C=O) groups is 1. The van der Waals surface area contributed by atoms with Crippen LogP contribution in [0.2, 0.25) is 0 Å². The van der Waals surface area contributed by atoms with E-state index >= 15 is 0 Å². The predicted octanol–water partition coefficient (Wildman–Crippen LogP) is 3.40. The highest BCUT2D eigenvalue weighted by Crippen LogP contribution is 2.48. The molecule has 1 N–H and O–H groups in total. The van der Waals surface area contributed by atoms with Crippen molar-refractivity contribution in [3.05, 3.63) is 84.2 Å². The first kappa shape index (κ1) is 17.4. The number of hydrogen-bond donors (Lipinski definition) is 1. The number of carbonyl (C=O) groups excluding carboxylic acids is 1. The number of halogens is 1. The van der Waals surface area contributed by atoms with Gasteiger partial charge in [0, 0.05) is 6.54 Å². The van der Waals surface area contributed by atoms with Crippen molar-refractivity contribution in [1.29, 1.82) is 0 Å². The molecule has 1 aliphatic carbocycles. The van der Waals surface area contributed by atoms with Gasteiger partial charge in [-0.3, -0.25) is 9.48 Å². The van der Waals surface area contributed by atoms with Crippen LogP contribution < -0.4 is 5.32 Å². The summed E-state index contributed by atoms with van der Waals surface area (Å²) in [6.07, 6.45) is 5.46. The van der Waals surface area contributed by atoms with Crippen molar-refractivity contribution in [3.8, 4) is 0 Å². The van der Waals surface area contributed by atoms with Crippen molar-refractivity contribution >= 4 is 5.91 Å². The molecule has 0 unspecified atom stereocenters. The highest BCUT2D eigenvalue weighted by molar-refractivity contribution is 5.91. The molecule has 2 aromatic carbocycles. The highest BCUT2D eigenvalue weighted by atomic mass is 19.1. The van der Waals surface area contributed by atoms with Gasteiger partial charge in [-0.2, -0.15) is 5.10 Å². The van der Waals surface area contributed by atoms with E-state index in [1.54, 1.807) is 23.1 Å². The first-order valence-electron chi connectivity index (χ1n) is 9.12. The van der Waals surface area contributed by atoms with Gasteiger partial charge in [0.05, 0.1) is 11.5 Å². The summed E-state index contributed by atoms with van der Waals surface area (Å²) in [6, 6.07) is 16.1. The molecule has 1 aliphatic rings. The average Bonchev–Trinajstić information content (AvgIpc) is 3.35. The monoisotopic (exact) mass is 364 g/mol. The fourth-order valence-corrected chi connectivity index (χ4v) is 3.45. The summed E-state index contributed by atoms with van der Waals surface area (Å²) in [5.74, 6) is -0.286. The summed E-state index contributed by atoms with van der Waals surface area (Å²) in [5.41, 5.74) is 1.40. The minimum absolute atomic E-state index is 0.00144. The van der Waals surface area contributed by atoms with Crippen LogP contribution in [0.25, 0.3) is 0 Å². The van der Waals surface area contributed by atoms with E-state index in [2.05, 4.69) is 15.4 Å². The molecule has 3 aromatic rings. The number of hydrogen-bond acceptors (Lipinski definition) is 3. The van der Waals surface area contributed by atoms with Crippen molar-refractivity contribution in [1.82, 2.24) is 20.1 Å². The van der Waals surface area contributed by atoms with E-state index in [4.69, 9.17) is 0 Å². The lowest BCUT2D eigenvalue weighted by molar-refractivity contribution is -0.124. The SMILES string of the molecule is O=C(N[C@H](CCn1cncn1)c1ccccc1)C1(c2ccc(F)cc2)CC1. The second kappa shape index (κ2) is 7.31. The van der Waals surface area contributed by atoms with E-state index in [-0.39, 0.29) is 17.8 Å². The van der Waals surface area contributed by atoms with Gasteiger partial charge in [0.25, 0.3) is 0 Å². The fourth-order valence-electron chi connectivity index (χ4n) is 3.45. The zero-order valence-corrected chi connectivity index (χ0v) is 14.9. The van der Waals surface area contributed by atoms with Crippen LogP contribution in [-0.2, 0) is 16.8 Å². The minimum atomic E-state index is -0.534. The van der Waals surface area contributed by atoms with Gasteiger partial charge in [-0.1, -0.05) is 42.5 Å². The maximum atomic E-state index is 13.2. The van der Waals surface area contributed by atoms with Gasteiger partial charge >= 0.3 is 0 Å². The molecule has 1 amide bonds. The zero-order valence-electron chi connectivity index (χ0n) is 14.9. The Balaban J connectivity index is 1.52. The number of nitrogens with one attached hydrogen (secondary N) is 1. The molecule has 6 heteroatoms. The van der Waals surface area contributed by atoms with Crippen LogP contribution in [0.4, 0.5) is 4.39 Å². The van der Waals surface area contributed by atoms with E-state index in [9.17, 15) is 9.18 Å². The Kier molecular flexibility index (Phi) is 4.71. The zero-order chi connectivity index (χ0) is 18.7. The molecule has 1 fully saturated rings. The summed E-state index contributed by atoms with van der Waals surface area (Å²) in [6.45, 7) is 0.656. The van der Waals surface area contributed by atoms with Crippen LogP contribution >= 0.6 is 0 Å². The van der Waals surface area contributed by atoms with Crippen LogP contribution in [0.5, 0.6) is 0 Å². The highest BCUT2D eigenvalue weighted by Gasteiger charge is 2.51. The van der Waals surface area contributed by atoms with Gasteiger partial charge in [0.15, 0.2) is 0 Å². The van der Waals surface area contributed by atoms with E-state index in [0.29, 0.717) is 13.0 Å². The lowest BCUT2D eigenvalue weighted by atomic mass is 9.93. The maximum Gasteiger partial charge on any atom is 0.231 e. The normalized spacial score (nSPS) is 15.9. The molecule has 27 heavy (non-hydrogen) atoms. The minimum Gasteiger partial charge on any atom is -0.348 e. The smallest absolute Gasteiger partial charge is 0.231 e. The van der Waals surface area contributed by atoms with E-state index < -0.39 is 5.41 Å². The molecule has 0 bridgehead atoms. The third kappa shape index (κ3) is 3.74. The van der Waals surface area contributed by atoms with Crippen molar-refractivity contribution in [2.24, 2.45) is 0 Å². The molecule has 0 saturated heterocycles. The second-order valence-electron chi connectivity index (χ2n) is 6.97. The first-order chi connectivity index (χ1) is 13.2. The molecule has 0 spiro atoms. The summed E-state index contributed by atoms with van der Waals surface area (Å²) in [4.78, 5) is 17.1. The molecule has 0 radical (unpaired) electrons. The number of benzene rings is 2. The second-order valence-corrected chi connectivity index (χ2v) is 6.97. The van der Waals surface area contributed by atoms with Crippen LogP contribution in [0, 0.1) is 5.82 Å². The number of nitrogens with zero attached hydrogens (tertiary/aromatic N) is 3. The summed E-state index contributed by atoms with van der Waals surface area (Å²) in [5, 5.41) is 7.35. The van der Waals surface area contributed by atoms with Crippen molar-refractivity contribution in [2.75, 3.05) is 0 Å². The Morgan fingerprint density at radius 1 is 1.15 bits per heavy atom. The topological polar surface area (TPSA) is 59.8 Å². The quantitative estimate of drug-likeness (QED) is 0.699. The molecular weight excluding hydrogens is 343 g/mol. The van der Waals surface area contributed by atoms with Crippen LogP contribution in [0.1, 0.15) is 36.4 Å². The Morgan fingerprint density at radius 3 is 2.52 bits per heavy atom. The molecular formula is C21H21FN4O. The Bertz CT molecular complexity index is 890. The van der Waals surface area contributed by atoms with Crippen LogP contribution in [0.3, 0.4) is 0 Å². The van der Waals surface area contributed by atoms with Gasteiger partial charge in [-0.05, 0) is 42.5 Å². The lowest BCUT2D eigenvalue weighted by Crippen LogP contribution is -2.37. The fraction of sp³-hybridized carbons (Fsp3) is 0.286. The molecule has 1 aromatic heterocycles. The predicted molar refractivity (Wildman–Crippen MR) is 99.3 cm³/mol. The Hall–Kier alpha value is -3.02. The van der Waals surface area contributed by atoms with Crippen LogP contribution in [-0.4, -0.2) is 20.7 Å². The van der Waals surface area contributed by atoms with Gasteiger partial charge < -0.3 is 5.32 Å². The van der Waals surface area contributed by atoms with Crippen molar-refractivity contribution in [3.63, 3.8) is 0 Å². The van der Waals surface area contributed by atoms with Gasteiger partial charge in [-0.25, -0.2) is 9.37 Å². The molecule has 1 saturated carbocycles. The molecule has 4 rings (SSSR count). The Morgan fingerprint density at radius 2 is 1.89 bits per heavy atom. The molecule has 0 aliphatic heterocycles. The number of aromatic nitrogens is 3. The molecule has 138 valence electrons.